The lowest BCUT2D eigenvalue weighted by Gasteiger charge is -2.26. The van der Waals surface area contributed by atoms with Gasteiger partial charge in [0.25, 0.3) is 0 Å². The van der Waals surface area contributed by atoms with Crippen LogP contribution in [0.5, 0.6) is 5.75 Å². The van der Waals surface area contributed by atoms with Gasteiger partial charge in [-0.15, -0.1) is 13.2 Å². The molecular formula is C17H19F3N2O4S. The molecule has 3 rings (SSSR count). The van der Waals surface area contributed by atoms with Crippen molar-refractivity contribution >= 4 is 10.0 Å². The number of benzene rings is 1. The van der Waals surface area contributed by atoms with E-state index in [1.165, 1.54) is 18.4 Å². The van der Waals surface area contributed by atoms with Crippen LogP contribution in [-0.2, 0) is 10.0 Å². The second-order valence-electron chi connectivity index (χ2n) is 6.12. The quantitative estimate of drug-likeness (QED) is 0.767. The van der Waals surface area contributed by atoms with Gasteiger partial charge in [0.2, 0.25) is 10.0 Å². The lowest BCUT2D eigenvalue weighted by molar-refractivity contribution is -0.275. The number of ether oxygens (including phenoxy) is 1. The second-order valence-corrected chi connectivity index (χ2v) is 7.86. The highest BCUT2D eigenvalue weighted by Crippen LogP contribution is 2.30. The van der Waals surface area contributed by atoms with Gasteiger partial charge < -0.3 is 9.15 Å². The zero-order valence-corrected chi connectivity index (χ0v) is 15.1. The number of rotatable bonds is 7. The van der Waals surface area contributed by atoms with Gasteiger partial charge in [-0.2, -0.15) is 0 Å². The molecule has 0 aliphatic carbocycles. The highest BCUT2D eigenvalue weighted by molar-refractivity contribution is 7.89. The molecule has 1 fully saturated rings. The standard InChI is InChI=1S/C17H19F3N2O4S/c18-17(19,20)26-15-6-1-2-8-16(15)27(23,24)21-12-13(14-7-5-11-25-14)22-9-3-4-10-22/h1-2,5-8,11,13,21H,3-4,9-10,12H2/t13-/m1/s1. The number of furan rings is 1. The molecule has 1 aromatic carbocycles. The smallest absolute Gasteiger partial charge is 0.468 e. The minimum atomic E-state index is -4.99. The van der Waals surface area contributed by atoms with Gasteiger partial charge in [0, 0.05) is 6.54 Å². The van der Waals surface area contributed by atoms with E-state index in [1.54, 1.807) is 12.1 Å². The first kappa shape index (κ1) is 19.7. The Kier molecular flexibility index (Phi) is 5.78. The van der Waals surface area contributed by atoms with Gasteiger partial charge in [-0.05, 0) is 50.2 Å². The van der Waals surface area contributed by atoms with Crippen LogP contribution in [0.1, 0.15) is 24.6 Å². The molecule has 0 unspecified atom stereocenters. The fourth-order valence-electron chi connectivity index (χ4n) is 3.09. The normalized spacial score (nSPS) is 17.1. The lowest BCUT2D eigenvalue weighted by atomic mass is 10.2. The minimum absolute atomic E-state index is 0.0315. The van der Waals surface area contributed by atoms with E-state index in [1.807, 2.05) is 0 Å². The molecule has 10 heteroatoms. The van der Waals surface area contributed by atoms with E-state index in [-0.39, 0.29) is 12.6 Å². The molecule has 0 bridgehead atoms. The largest absolute Gasteiger partial charge is 0.573 e. The Labute approximate surface area is 155 Å². The minimum Gasteiger partial charge on any atom is -0.468 e. The molecule has 1 aliphatic rings. The third kappa shape index (κ3) is 5.02. The van der Waals surface area contributed by atoms with E-state index in [4.69, 9.17) is 4.42 Å². The maximum atomic E-state index is 12.6. The molecule has 0 spiro atoms. The van der Waals surface area contributed by atoms with Crippen LogP contribution in [0.15, 0.2) is 52.0 Å². The average Bonchev–Trinajstić information content (AvgIpc) is 3.28. The fourth-order valence-corrected chi connectivity index (χ4v) is 4.26. The van der Waals surface area contributed by atoms with Crippen molar-refractivity contribution in [2.75, 3.05) is 19.6 Å². The molecule has 2 heterocycles. The summed E-state index contributed by atoms with van der Waals surface area (Å²) in [4.78, 5) is 1.52. The van der Waals surface area contributed by atoms with Crippen molar-refractivity contribution in [1.29, 1.82) is 0 Å². The summed E-state index contributed by atoms with van der Waals surface area (Å²) in [5, 5.41) is 0. The number of likely N-dealkylation sites (tertiary alicyclic amines) is 1. The summed E-state index contributed by atoms with van der Waals surface area (Å²) in [6, 6.07) is 7.76. The Morgan fingerprint density at radius 2 is 1.85 bits per heavy atom. The first-order valence-electron chi connectivity index (χ1n) is 8.38. The number of para-hydroxylation sites is 1. The van der Waals surface area contributed by atoms with Crippen LogP contribution in [0.25, 0.3) is 0 Å². The Balaban J connectivity index is 1.80. The monoisotopic (exact) mass is 404 g/mol. The number of sulfonamides is 1. The van der Waals surface area contributed by atoms with Crippen LogP contribution >= 0.6 is 0 Å². The fraction of sp³-hybridized carbons (Fsp3) is 0.412. The molecule has 0 amide bonds. The van der Waals surface area contributed by atoms with Crippen molar-refractivity contribution in [2.24, 2.45) is 0 Å². The molecule has 1 aromatic heterocycles. The van der Waals surface area contributed by atoms with Crippen molar-refractivity contribution in [2.45, 2.75) is 30.1 Å². The van der Waals surface area contributed by atoms with Crippen LogP contribution in [-0.4, -0.2) is 39.3 Å². The molecule has 6 nitrogen and oxygen atoms in total. The van der Waals surface area contributed by atoms with Gasteiger partial charge in [0.1, 0.15) is 16.4 Å². The molecule has 148 valence electrons. The molecule has 0 saturated carbocycles. The van der Waals surface area contributed by atoms with Crippen molar-refractivity contribution in [3.05, 3.63) is 48.4 Å². The Hall–Kier alpha value is -2.04. The summed E-state index contributed by atoms with van der Waals surface area (Å²) >= 11 is 0. The average molecular weight is 404 g/mol. The first-order chi connectivity index (χ1) is 12.8. The summed E-state index contributed by atoms with van der Waals surface area (Å²) in [7, 11) is -4.22. The van der Waals surface area contributed by atoms with Gasteiger partial charge in [0.15, 0.2) is 0 Å². The summed E-state index contributed by atoms with van der Waals surface area (Å²) in [5.74, 6) is -0.173. The third-order valence-electron chi connectivity index (χ3n) is 4.28. The number of alkyl halides is 3. The van der Waals surface area contributed by atoms with Crippen LogP contribution in [0.4, 0.5) is 13.2 Å². The predicted molar refractivity (Wildman–Crippen MR) is 90.6 cm³/mol. The Morgan fingerprint density at radius 1 is 1.15 bits per heavy atom. The van der Waals surface area contributed by atoms with Crippen LogP contribution in [0.3, 0.4) is 0 Å². The summed E-state index contributed by atoms with van der Waals surface area (Å²) < 4.78 is 74.6. The zero-order chi connectivity index (χ0) is 19.5. The molecule has 1 atom stereocenters. The van der Waals surface area contributed by atoms with Crippen LogP contribution < -0.4 is 9.46 Å². The van der Waals surface area contributed by atoms with Crippen LogP contribution in [0, 0.1) is 0 Å². The number of hydrogen-bond acceptors (Lipinski definition) is 5. The van der Waals surface area contributed by atoms with Gasteiger partial charge in [-0.25, -0.2) is 13.1 Å². The van der Waals surface area contributed by atoms with Gasteiger partial charge in [-0.3, -0.25) is 4.90 Å². The van der Waals surface area contributed by atoms with E-state index < -0.39 is 27.0 Å². The van der Waals surface area contributed by atoms with E-state index in [0.717, 1.165) is 38.1 Å². The molecular weight excluding hydrogens is 385 g/mol. The van der Waals surface area contributed by atoms with Crippen molar-refractivity contribution in [3.63, 3.8) is 0 Å². The van der Waals surface area contributed by atoms with E-state index in [2.05, 4.69) is 14.4 Å². The van der Waals surface area contributed by atoms with Crippen molar-refractivity contribution in [1.82, 2.24) is 9.62 Å². The second kappa shape index (κ2) is 7.91. The van der Waals surface area contributed by atoms with E-state index in [9.17, 15) is 21.6 Å². The zero-order valence-electron chi connectivity index (χ0n) is 14.3. The van der Waals surface area contributed by atoms with Crippen LogP contribution in [0.2, 0.25) is 0 Å². The van der Waals surface area contributed by atoms with E-state index >= 15 is 0 Å². The molecule has 0 radical (unpaired) electrons. The number of nitrogens with zero attached hydrogens (tertiary/aromatic N) is 1. The highest BCUT2D eigenvalue weighted by atomic mass is 32.2. The molecule has 1 aliphatic heterocycles. The molecule has 1 N–H and O–H groups in total. The SMILES string of the molecule is O=S(=O)(NC[C@H](c1ccco1)N1CCCC1)c1ccccc1OC(F)(F)F. The van der Waals surface area contributed by atoms with E-state index in [0.29, 0.717) is 5.76 Å². The number of halogens is 3. The molecule has 1 saturated heterocycles. The summed E-state index contributed by atoms with van der Waals surface area (Å²) in [5.41, 5.74) is 0. The topological polar surface area (TPSA) is 71.8 Å². The Bertz CT molecular complexity index is 847. The summed E-state index contributed by atoms with van der Waals surface area (Å²) in [6.45, 7) is 1.55. The first-order valence-corrected chi connectivity index (χ1v) is 9.86. The lowest BCUT2D eigenvalue weighted by Crippen LogP contribution is -2.36. The molecule has 2 aromatic rings. The van der Waals surface area contributed by atoms with Gasteiger partial charge >= 0.3 is 6.36 Å². The maximum absolute atomic E-state index is 12.6. The van der Waals surface area contributed by atoms with Crippen molar-refractivity contribution in [3.8, 4) is 5.75 Å². The summed E-state index contributed by atoms with van der Waals surface area (Å²) in [6.07, 6.45) is -1.50. The number of hydrogen-bond donors (Lipinski definition) is 1. The van der Waals surface area contributed by atoms with Crippen molar-refractivity contribution < 1.29 is 30.7 Å². The Morgan fingerprint density at radius 3 is 2.48 bits per heavy atom. The maximum Gasteiger partial charge on any atom is 0.573 e. The number of nitrogens with one attached hydrogen (secondary N) is 1. The van der Waals surface area contributed by atoms with Gasteiger partial charge in [0.05, 0.1) is 12.3 Å². The van der Waals surface area contributed by atoms with Gasteiger partial charge in [-0.1, -0.05) is 12.1 Å². The highest BCUT2D eigenvalue weighted by Gasteiger charge is 2.34. The molecule has 27 heavy (non-hydrogen) atoms. The third-order valence-corrected chi connectivity index (χ3v) is 5.75. The predicted octanol–water partition coefficient (Wildman–Crippen LogP) is 3.29.